The van der Waals surface area contributed by atoms with Gasteiger partial charge in [0.05, 0.1) is 22.3 Å². The minimum atomic E-state index is -0.564. The van der Waals surface area contributed by atoms with E-state index in [-0.39, 0.29) is 11.8 Å². The van der Waals surface area contributed by atoms with E-state index in [1.807, 2.05) is 63.2 Å². The second-order valence-corrected chi connectivity index (χ2v) is 9.95. The van der Waals surface area contributed by atoms with Crippen LogP contribution in [0.1, 0.15) is 50.9 Å². The average Bonchev–Trinajstić information content (AvgIpc) is 3.17. The van der Waals surface area contributed by atoms with Gasteiger partial charge in [-0.2, -0.15) is 0 Å². The maximum atomic E-state index is 13.4. The number of carbonyl (C=O) groups is 2. The summed E-state index contributed by atoms with van der Waals surface area (Å²) in [5, 5.41) is 4.10. The van der Waals surface area contributed by atoms with Crippen LogP contribution < -0.4 is 11.1 Å². The first kappa shape index (κ1) is 22.2. The molecule has 162 valence electrons. The number of nitrogens with one attached hydrogen (secondary N) is 1. The Bertz CT molecular complexity index is 1360. The molecule has 0 radical (unpaired) electrons. The van der Waals surface area contributed by atoms with Crippen LogP contribution in [-0.4, -0.2) is 16.8 Å². The maximum Gasteiger partial charge on any atom is 0.257 e. The molecule has 32 heavy (non-hydrogen) atoms. The van der Waals surface area contributed by atoms with Gasteiger partial charge in [0.2, 0.25) is 0 Å². The van der Waals surface area contributed by atoms with Crippen LogP contribution in [0.15, 0.2) is 59.1 Å². The van der Waals surface area contributed by atoms with E-state index < -0.39 is 5.91 Å². The Kier molecular flexibility index (Phi) is 6.13. The number of nitrogens with zero attached hydrogens (tertiary/aromatic N) is 1. The first-order valence-electron chi connectivity index (χ1n) is 10.1. The van der Waals surface area contributed by atoms with Gasteiger partial charge in [-0.15, -0.1) is 11.3 Å². The molecule has 0 saturated heterocycles. The summed E-state index contributed by atoms with van der Waals surface area (Å²) in [6.07, 6.45) is 0. The van der Waals surface area contributed by atoms with Crippen LogP contribution in [-0.2, 0) is 0 Å². The van der Waals surface area contributed by atoms with Gasteiger partial charge in [-0.3, -0.25) is 9.59 Å². The summed E-state index contributed by atoms with van der Waals surface area (Å²) in [5.74, 6) is -0.662. The number of pyridine rings is 1. The highest BCUT2D eigenvalue weighted by atomic mass is 79.9. The lowest BCUT2D eigenvalue weighted by Crippen LogP contribution is -2.17. The number of primary amides is 1. The van der Waals surface area contributed by atoms with Crippen molar-refractivity contribution in [1.29, 1.82) is 0 Å². The molecule has 4 aromatic rings. The highest BCUT2D eigenvalue weighted by Crippen LogP contribution is 2.34. The number of anilines is 1. The minimum Gasteiger partial charge on any atom is -0.366 e. The fraction of sp³-hybridized carbons (Fsp3) is 0.160. The summed E-state index contributed by atoms with van der Waals surface area (Å²) in [7, 11) is 0. The molecule has 3 N–H and O–H groups in total. The van der Waals surface area contributed by atoms with Crippen molar-refractivity contribution in [2.24, 2.45) is 5.73 Å². The topological polar surface area (TPSA) is 85.1 Å². The zero-order valence-electron chi connectivity index (χ0n) is 17.9. The third-order valence-corrected chi connectivity index (χ3v) is 6.99. The summed E-state index contributed by atoms with van der Waals surface area (Å²) in [6.45, 7) is 6.08. The van der Waals surface area contributed by atoms with E-state index in [0.717, 1.165) is 25.9 Å². The molecular weight excluding hydrogens is 486 g/mol. The first-order chi connectivity index (χ1) is 15.2. The third kappa shape index (κ3) is 4.45. The third-order valence-electron chi connectivity index (χ3n) is 5.14. The van der Waals surface area contributed by atoms with Gasteiger partial charge < -0.3 is 11.1 Å². The molecule has 0 aliphatic rings. The number of hydrogen-bond acceptors (Lipinski definition) is 4. The number of rotatable bonds is 5. The second kappa shape index (κ2) is 8.84. The lowest BCUT2D eigenvalue weighted by molar-refractivity contribution is 0.100. The SMILES string of the molecule is Cc1cccc(-c2cc(C(=O)Nc3sc(C(C)C)cc3C(N)=O)c3cc(Br)ccc3n2)c1. The van der Waals surface area contributed by atoms with Crippen molar-refractivity contribution in [3.05, 3.63) is 80.6 Å². The van der Waals surface area contributed by atoms with Crippen molar-refractivity contribution in [1.82, 2.24) is 4.98 Å². The van der Waals surface area contributed by atoms with E-state index in [2.05, 4.69) is 21.2 Å². The van der Waals surface area contributed by atoms with Gasteiger partial charge in [-0.05, 0) is 49.2 Å². The van der Waals surface area contributed by atoms with Crippen LogP contribution >= 0.6 is 27.3 Å². The lowest BCUT2D eigenvalue weighted by Gasteiger charge is -2.11. The molecule has 2 aromatic heterocycles. The van der Waals surface area contributed by atoms with Crippen LogP contribution in [0, 0.1) is 6.92 Å². The quantitative estimate of drug-likeness (QED) is 0.322. The molecule has 7 heteroatoms. The van der Waals surface area contributed by atoms with Gasteiger partial charge in [-0.1, -0.05) is 53.5 Å². The molecule has 4 rings (SSSR count). The monoisotopic (exact) mass is 507 g/mol. The highest BCUT2D eigenvalue weighted by molar-refractivity contribution is 9.10. The number of carbonyl (C=O) groups excluding carboxylic acids is 2. The number of nitrogens with two attached hydrogens (primary N) is 1. The summed E-state index contributed by atoms with van der Waals surface area (Å²) >= 11 is 4.86. The Balaban J connectivity index is 1.83. The van der Waals surface area contributed by atoms with Gasteiger partial charge in [0.15, 0.2) is 0 Å². The smallest absolute Gasteiger partial charge is 0.257 e. The van der Waals surface area contributed by atoms with E-state index in [1.165, 1.54) is 11.3 Å². The molecular formula is C25H22BrN3O2S. The fourth-order valence-electron chi connectivity index (χ4n) is 3.48. The van der Waals surface area contributed by atoms with Gasteiger partial charge >= 0.3 is 0 Å². The Morgan fingerprint density at radius 2 is 1.84 bits per heavy atom. The fourth-order valence-corrected chi connectivity index (χ4v) is 4.90. The second-order valence-electron chi connectivity index (χ2n) is 7.95. The molecule has 0 aliphatic heterocycles. The maximum absolute atomic E-state index is 13.4. The Hall–Kier alpha value is -3.03. The van der Waals surface area contributed by atoms with Crippen molar-refractivity contribution in [3.8, 4) is 11.3 Å². The zero-order chi connectivity index (χ0) is 23.0. The molecule has 0 saturated carbocycles. The largest absolute Gasteiger partial charge is 0.366 e. The molecule has 0 atom stereocenters. The van der Waals surface area contributed by atoms with Crippen molar-refractivity contribution in [2.75, 3.05) is 5.32 Å². The summed E-state index contributed by atoms with van der Waals surface area (Å²) in [6, 6.07) is 17.2. The number of thiophene rings is 1. The highest BCUT2D eigenvalue weighted by Gasteiger charge is 2.20. The summed E-state index contributed by atoms with van der Waals surface area (Å²) in [4.78, 5) is 31.2. The first-order valence-corrected chi connectivity index (χ1v) is 11.8. The number of amides is 2. The minimum absolute atomic E-state index is 0.217. The zero-order valence-corrected chi connectivity index (χ0v) is 20.3. The van der Waals surface area contributed by atoms with Crippen LogP contribution in [0.5, 0.6) is 0 Å². The van der Waals surface area contributed by atoms with Crippen LogP contribution in [0.4, 0.5) is 5.00 Å². The lowest BCUT2D eigenvalue weighted by atomic mass is 10.0. The van der Waals surface area contributed by atoms with Gasteiger partial charge in [0.25, 0.3) is 11.8 Å². The van der Waals surface area contributed by atoms with Crippen molar-refractivity contribution in [3.63, 3.8) is 0 Å². The number of hydrogen-bond donors (Lipinski definition) is 2. The molecule has 5 nitrogen and oxygen atoms in total. The van der Waals surface area contributed by atoms with Crippen molar-refractivity contribution >= 4 is 55.0 Å². The van der Waals surface area contributed by atoms with Gasteiger partial charge in [0.1, 0.15) is 5.00 Å². The number of fused-ring (bicyclic) bond motifs is 1. The number of aryl methyl sites for hydroxylation is 1. The summed E-state index contributed by atoms with van der Waals surface area (Å²) in [5.41, 5.74) is 9.82. The number of benzene rings is 2. The van der Waals surface area contributed by atoms with E-state index in [4.69, 9.17) is 10.7 Å². The van der Waals surface area contributed by atoms with E-state index >= 15 is 0 Å². The van der Waals surface area contributed by atoms with Crippen LogP contribution in [0.3, 0.4) is 0 Å². The molecule has 2 amide bonds. The predicted molar refractivity (Wildman–Crippen MR) is 134 cm³/mol. The van der Waals surface area contributed by atoms with Crippen molar-refractivity contribution in [2.45, 2.75) is 26.7 Å². The molecule has 0 unspecified atom stereocenters. The molecule has 0 fully saturated rings. The van der Waals surface area contributed by atoms with Gasteiger partial charge in [0, 0.05) is 20.3 Å². The standard InChI is InChI=1S/C25H22BrN3O2S/c1-13(2)22-12-19(23(27)30)25(32-22)29-24(31)18-11-21(15-6-4-5-14(3)9-15)28-20-8-7-16(26)10-17(18)20/h4-13H,1-3H3,(H2,27,30)(H,29,31). The Morgan fingerprint density at radius 3 is 2.53 bits per heavy atom. The average molecular weight is 508 g/mol. The van der Waals surface area contributed by atoms with Crippen LogP contribution in [0.25, 0.3) is 22.2 Å². The Labute approximate surface area is 198 Å². The van der Waals surface area contributed by atoms with E-state index in [9.17, 15) is 9.59 Å². The van der Waals surface area contributed by atoms with Crippen LogP contribution in [0.2, 0.25) is 0 Å². The predicted octanol–water partition coefficient (Wildman–Crippen LogP) is 6.51. The molecule has 2 aromatic carbocycles. The Morgan fingerprint density at radius 1 is 1.06 bits per heavy atom. The molecule has 0 bridgehead atoms. The van der Waals surface area contributed by atoms with E-state index in [0.29, 0.717) is 27.3 Å². The molecule has 0 spiro atoms. The number of aromatic nitrogens is 1. The van der Waals surface area contributed by atoms with E-state index in [1.54, 1.807) is 12.1 Å². The summed E-state index contributed by atoms with van der Waals surface area (Å²) < 4.78 is 0.847. The normalized spacial score (nSPS) is 11.2. The van der Waals surface area contributed by atoms with Gasteiger partial charge in [-0.25, -0.2) is 4.98 Å². The van der Waals surface area contributed by atoms with Crippen molar-refractivity contribution < 1.29 is 9.59 Å². The number of halogens is 1. The molecule has 0 aliphatic carbocycles. The molecule has 2 heterocycles.